The van der Waals surface area contributed by atoms with Gasteiger partial charge < -0.3 is 14.7 Å². The second kappa shape index (κ2) is 8.90. The van der Waals surface area contributed by atoms with E-state index < -0.39 is 31.1 Å². The van der Waals surface area contributed by atoms with Crippen LogP contribution in [0.15, 0.2) is 30.7 Å². The Morgan fingerprint density at radius 2 is 2.03 bits per heavy atom. The van der Waals surface area contributed by atoms with Gasteiger partial charge in [0.05, 0.1) is 24.5 Å². The van der Waals surface area contributed by atoms with Crippen LogP contribution < -0.4 is 4.90 Å². The van der Waals surface area contributed by atoms with Gasteiger partial charge in [-0.2, -0.15) is 18.3 Å². The van der Waals surface area contributed by atoms with Gasteiger partial charge in [-0.15, -0.1) is 0 Å². The number of aromatic nitrogens is 3. The van der Waals surface area contributed by atoms with Crippen LogP contribution in [0.5, 0.6) is 0 Å². The number of amides is 3. The summed E-state index contributed by atoms with van der Waals surface area (Å²) < 4.78 is 38.7. The highest BCUT2D eigenvalue weighted by atomic mass is 35.5. The van der Waals surface area contributed by atoms with E-state index in [1.54, 1.807) is 37.6 Å². The van der Waals surface area contributed by atoms with E-state index in [1.165, 1.54) is 14.5 Å². The predicted molar refractivity (Wildman–Crippen MR) is 104 cm³/mol. The molecule has 0 aromatic carbocycles. The Balaban J connectivity index is 1.67. The summed E-state index contributed by atoms with van der Waals surface area (Å²) in [5, 5.41) is 4.30. The van der Waals surface area contributed by atoms with Crippen molar-refractivity contribution >= 4 is 29.2 Å². The van der Waals surface area contributed by atoms with Crippen molar-refractivity contribution in [3.63, 3.8) is 0 Å². The molecular weight excluding hydrogens is 425 g/mol. The van der Waals surface area contributed by atoms with Crippen LogP contribution in [0.1, 0.15) is 13.3 Å². The fourth-order valence-electron chi connectivity index (χ4n) is 3.12. The molecule has 1 fully saturated rings. The lowest BCUT2D eigenvalue weighted by molar-refractivity contribution is -0.136. The van der Waals surface area contributed by atoms with Crippen LogP contribution in [0.4, 0.5) is 23.7 Å². The van der Waals surface area contributed by atoms with Crippen molar-refractivity contribution in [1.82, 2.24) is 24.6 Å². The molecule has 3 amide bonds. The number of hydrogen-bond donors (Lipinski definition) is 0. The summed E-state index contributed by atoms with van der Waals surface area (Å²) in [7, 11) is 0. The summed E-state index contributed by atoms with van der Waals surface area (Å²) in [5.41, 5.74) is 1.03. The molecule has 1 aliphatic heterocycles. The molecule has 0 bridgehead atoms. The fraction of sp³-hybridized carbons (Fsp3) is 0.444. The Bertz CT molecular complexity index is 905. The van der Waals surface area contributed by atoms with E-state index in [-0.39, 0.29) is 31.3 Å². The first-order valence-electron chi connectivity index (χ1n) is 9.26. The highest BCUT2D eigenvalue weighted by Crippen LogP contribution is 2.26. The largest absolute Gasteiger partial charge is 0.390 e. The summed E-state index contributed by atoms with van der Waals surface area (Å²) >= 11 is 6.22. The van der Waals surface area contributed by atoms with Crippen molar-refractivity contribution in [3.8, 4) is 5.69 Å². The summed E-state index contributed by atoms with van der Waals surface area (Å²) in [4.78, 5) is 32.9. The van der Waals surface area contributed by atoms with Gasteiger partial charge in [0.1, 0.15) is 12.2 Å². The molecule has 1 saturated heterocycles. The Morgan fingerprint density at radius 3 is 2.67 bits per heavy atom. The standard InChI is InChI=1S/C18H20ClF3N6O2/c1-2-27(14-11-28(24-16(14)19)13-4-3-6-23-10-13)15(29)12-26-9-8-25(17(26)30)7-5-18(20,21)22/h3-4,6,10-11H,2,5,7-9,12H2,1H3. The maximum absolute atomic E-state index is 12.8. The molecule has 12 heteroatoms. The lowest BCUT2D eigenvalue weighted by Crippen LogP contribution is -2.42. The third-order valence-corrected chi connectivity index (χ3v) is 4.91. The van der Waals surface area contributed by atoms with Crippen LogP contribution in [0.25, 0.3) is 5.69 Å². The minimum Gasteiger partial charge on any atom is -0.323 e. The Kier molecular flexibility index (Phi) is 6.49. The van der Waals surface area contributed by atoms with Gasteiger partial charge in [-0.25, -0.2) is 9.48 Å². The molecule has 8 nitrogen and oxygen atoms in total. The first kappa shape index (κ1) is 21.9. The first-order valence-corrected chi connectivity index (χ1v) is 9.64. The number of anilines is 1. The summed E-state index contributed by atoms with van der Waals surface area (Å²) in [6.45, 7) is 1.67. The molecule has 1 aliphatic rings. The minimum absolute atomic E-state index is 0.105. The van der Waals surface area contributed by atoms with Gasteiger partial charge in [0.2, 0.25) is 5.91 Å². The van der Waals surface area contributed by atoms with Crippen molar-refractivity contribution in [3.05, 3.63) is 35.9 Å². The monoisotopic (exact) mass is 444 g/mol. The number of halogens is 4. The third kappa shape index (κ3) is 5.02. The molecule has 0 N–H and O–H groups in total. The number of alkyl halides is 3. The Labute approximate surface area is 175 Å². The van der Waals surface area contributed by atoms with Gasteiger partial charge in [-0.3, -0.25) is 9.78 Å². The van der Waals surface area contributed by atoms with Gasteiger partial charge >= 0.3 is 12.2 Å². The number of carbonyl (C=O) groups is 2. The molecule has 0 aliphatic carbocycles. The molecular formula is C18H20ClF3N6O2. The maximum Gasteiger partial charge on any atom is 0.390 e. The molecule has 162 valence electrons. The van der Waals surface area contributed by atoms with Crippen LogP contribution in [0.3, 0.4) is 0 Å². The van der Waals surface area contributed by atoms with E-state index in [2.05, 4.69) is 10.1 Å². The molecule has 3 heterocycles. The molecule has 0 spiro atoms. The van der Waals surface area contributed by atoms with E-state index in [9.17, 15) is 22.8 Å². The highest BCUT2D eigenvalue weighted by Gasteiger charge is 2.35. The summed E-state index contributed by atoms with van der Waals surface area (Å²) in [5.74, 6) is -0.406. The number of nitrogens with zero attached hydrogens (tertiary/aromatic N) is 6. The van der Waals surface area contributed by atoms with Gasteiger partial charge in [0.15, 0.2) is 5.15 Å². The van der Waals surface area contributed by atoms with Crippen molar-refractivity contribution in [2.45, 2.75) is 19.5 Å². The van der Waals surface area contributed by atoms with Crippen molar-refractivity contribution in [2.24, 2.45) is 0 Å². The van der Waals surface area contributed by atoms with Crippen LogP contribution in [-0.2, 0) is 4.79 Å². The second-order valence-corrected chi connectivity index (χ2v) is 7.01. The number of pyridine rings is 1. The van der Waals surface area contributed by atoms with Gasteiger partial charge in [-0.05, 0) is 19.1 Å². The fourth-order valence-corrected chi connectivity index (χ4v) is 3.36. The topological polar surface area (TPSA) is 74.6 Å². The number of urea groups is 1. The van der Waals surface area contributed by atoms with Crippen LogP contribution in [0, 0.1) is 0 Å². The minimum atomic E-state index is -4.34. The maximum atomic E-state index is 12.8. The molecule has 0 unspecified atom stereocenters. The number of rotatable bonds is 7. The highest BCUT2D eigenvalue weighted by molar-refractivity contribution is 6.32. The number of carbonyl (C=O) groups excluding carboxylic acids is 2. The van der Waals surface area contributed by atoms with Crippen LogP contribution in [-0.4, -0.2) is 75.4 Å². The SMILES string of the molecule is CCN(C(=O)CN1CCN(CCC(F)(F)F)C1=O)c1cn(-c2cccnc2)nc1Cl. The van der Waals surface area contributed by atoms with Gasteiger partial charge in [-0.1, -0.05) is 11.6 Å². The molecule has 30 heavy (non-hydrogen) atoms. The van der Waals surface area contributed by atoms with Gasteiger partial charge in [0, 0.05) is 32.4 Å². The summed E-state index contributed by atoms with van der Waals surface area (Å²) in [6.07, 6.45) is -0.632. The number of likely N-dealkylation sites (N-methyl/N-ethyl adjacent to an activating group) is 1. The van der Waals surface area contributed by atoms with Crippen LogP contribution in [0.2, 0.25) is 5.15 Å². The molecule has 3 rings (SSSR count). The zero-order valence-corrected chi connectivity index (χ0v) is 16.9. The normalized spacial score (nSPS) is 14.5. The Morgan fingerprint density at radius 1 is 1.30 bits per heavy atom. The van der Waals surface area contributed by atoms with Crippen molar-refractivity contribution in [1.29, 1.82) is 0 Å². The molecule has 0 saturated carbocycles. The first-order chi connectivity index (χ1) is 14.2. The number of hydrogen-bond acceptors (Lipinski definition) is 4. The molecule has 2 aromatic heterocycles. The van der Waals surface area contributed by atoms with E-state index >= 15 is 0 Å². The lowest BCUT2D eigenvalue weighted by Gasteiger charge is -2.23. The molecule has 2 aromatic rings. The van der Waals surface area contributed by atoms with Crippen LogP contribution >= 0.6 is 11.6 Å². The summed E-state index contributed by atoms with van der Waals surface area (Å²) in [6, 6.07) is 2.92. The average Bonchev–Trinajstić information content (AvgIpc) is 3.24. The van der Waals surface area contributed by atoms with Crippen molar-refractivity contribution in [2.75, 3.05) is 37.6 Å². The van der Waals surface area contributed by atoms with Crippen molar-refractivity contribution < 1.29 is 22.8 Å². The van der Waals surface area contributed by atoms with E-state index in [4.69, 9.17) is 11.6 Å². The van der Waals surface area contributed by atoms with Gasteiger partial charge in [0.25, 0.3) is 0 Å². The second-order valence-electron chi connectivity index (χ2n) is 6.66. The zero-order valence-electron chi connectivity index (χ0n) is 16.1. The smallest absolute Gasteiger partial charge is 0.323 e. The Hall–Kier alpha value is -2.82. The zero-order chi connectivity index (χ0) is 21.9. The lowest BCUT2D eigenvalue weighted by atomic mass is 10.3. The van der Waals surface area contributed by atoms with E-state index in [0.29, 0.717) is 11.4 Å². The third-order valence-electron chi connectivity index (χ3n) is 4.64. The predicted octanol–water partition coefficient (Wildman–Crippen LogP) is 2.96. The quantitative estimate of drug-likeness (QED) is 0.658. The average molecular weight is 445 g/mol. The molecule has 0 atom stereocenters. The van der Waals surface area contributed by atoms with E-state index in [0.717, 1.165) is 4.90 Å². The van der Waals surface area contributed by atoms with E-state index in [1.807, 2.05) is 0 Å². The molecule has 0 radical (unpaired) electrons.